The van der Waals surface area contributed by atoms with Gasteiger partial charge in [-0.25, -0.2) is 0 Å². The van der Waals surface area contributed by atoms with Crippen LogP contribution in [0.15, 0.2) is 24.3 Å². The summed E-state index contributed by atoms with van der Waals surface area (Å²) in [5.74, 6) is 0.226. The van der Waals surface area contributed by atoms with Gasteiger partial charge in [-0.3, -0.25) is 9.69 Å². The number of carbonyl (C=O) groups is 1. The molecule has 138 valence electrons. The number of nitrogens with zero attached hydrogens (tertiary/aromatic N) is 3. The highest BCUT2D eigenvalue weighted by Gasteiger charge is 2.29. The first-order valence-corrected chi connectivity index (χ1v) is 9.56. The quantitative estimate of drug-likeness (QED) is 0.803. The fourth-order valence-corrected chi connectivity index (χ4v) is 4.03. The summed E-state index contributed by atoms with van der Waals surface area (Å²) in [5, 5.41) is 0.789. The van der Waals surface area contributed by atoms with E-state index in [4.69, 9.17) is 16.3 Å². The monoisotopic (exact) mass is 365 g/mol. The number of benzene rings is 1. The SMILES string of the molecule is COCCC(=O)N1CCC[C@H](N2CCN(c3cccc(Cl)c3)CC2)C1. The van der Waals surface area contributed by atoms with Gasteiger partial charge in [-0.15, -0.1) is 0 Å². The number of methoxy groups -OCH3 is 1. The molecule has 0 spiro atoms. The Morgan fingerprint density at radius 1 is 1.24 bits per heavy atom. The molecular formula is C19H28ClN3O2. The van der Waals surface area contributed by atoms with Gasteiger partial charge in [-0.1, -0.05) is 17.7 Å². The molecule has 0 unspecified atom stereocenters. The summed E-state index contributed by atoms with van der Waals surface area (Å²) in [6.45, 7) is 6.36. The van der Waals surface area contributed by atoms with E-state index in [0.717, 1.165) is 50.7 Å². The van der Waals surface area contributed by atoms with Crippen LogP contribution in [0.25, 0.3) is 0 Å². The molecule has 0 aliphatic carbocycles. The van der Waals surface area contributed by atoms with Crippen LogP contribution in [0.3, 0.4) is 0 Å². The Labute approximate surface area is 155 Å². The predicted molar refractivity (Wildman–Crippen MR) is 101 cm³/mol. The van der Waals surface area contributed by atoms with Crippen LogP contribution in [0.1, 0.15) is 19.3 Å². The summed E-state index contributed by atoms with van der Waals surface area (Å²) in [5.41, 5.74) is 1.20. The van der Waals surface area contributed by atoms with Crippen molar-refractivity contribution in [1.29, 1.82) is 0 Å². The number of likely N-dealkylation sites (tertiary alicyclic amines) is 1. The van der Waals surface area contributed by atoms with Crippen molar-refractivity contribution in [1.82, 2.24) is 9.80 Å². The number of hydrogen-bond donors (Lipinski definition) is 0. The first-order valence-electron chi connectivity index (χ1n) is 9.18. The maximum Gasteiger partial charge on any atom is 0.224 e. The normalized spacial score (nSPS) is 22.2. The topological polar surface area (TPSA) is 36.0 Å². The van der Waals surface area contributed by atoms with Gasteiger partial charge in [0.15, 0.2) is 0 Å². The molecule has 0 aromatic heterocycles. The van der Waals surface area contributed by atoms with Gasteiger partial charge in [0, 0.05) is 63.1 Å². The highest BCUT2D eigenvalue weighted by Crippen LogP contribution is 2.23. The van der Waals surface area contributed by atoms with Crippen LogP contribution in [0.5, 0.6) is 0 Å². The van der Waals surface area contributed by atoms with E-state index in [1.54, 1.807) is 7.11 Å². The van der Waals surface area contributed by atoms with E-state index in [1.165, 1.54) is 12.1 Å². The molecule has 5 nitrogen and oxygen atoms in total. The zero-order valence-corrected chi connectivity index (χ0v) is 15.7. The van der Waals surface area contributed by atoms with E-state index < -0.39 is 0 Å². The average molecular weight is 366 g/mol. The van der Waals surface area contributed by atoms with Crippen LogP contribution in [0, 0.1) is 0 Å². The van der Waals surface area contributed by atoms with Crippen LogP contribution in [-0.4, -0.2) is 74.7 Å². The Bertz CT molecular complexity index is 576. The molecule has 1 aromatic rings. The highest BCUT2D eigenvalue weighted by atomic mass is 35.5. The maximum atomic E-state index is 12.3. The number of piperidine rings is 1. The van der Waals surface area contributed by atoms with Crippen molar-refractivity contribution in [3.63, 3.8) is 0 Å². The zero-order chi connectivity index (χ0) is 17.6. The van der Waals surface area contributed by atoms with Gasteiger partial charge in [0.25, 0.3) is 0 Å². The minimum absolute atomic E-state index is 0.226. The Balaban J connectivity index is 1.51. The van der Waals surface area contributed by atoms with Crippen LogP contribution in [0.4, 0.5) is 5.69 Å². The van der Waals surface area contributed by atoms with Crippen molar-refractivity contribution in [2.24, 2.45) is 0 Å². The van der Waals surface area contributed by atoms with Crippen LogP contribution in [0.2, 0.25) is 5.02 Å². The van der Waals surface area contributed by atoms with E-state index in [-0.39, 0.29) is 5.91 Å². The number of rotatable bonds is 5. The number of hydrogen-bond acceptors (Lipinski definition) is 4. The third kappa shape index (κ3) is 4.87. The van der Waals surface area contributed by atoms with Crippen LogP contribution < -0.4 is 4.90 Å². The molecule has 2 heterocycles. The molecule has 2 aliphatic heterocycles. The summed E-state index contributed by atoms with van der Waals surface area (Å²) in [4.78, 5) is 19.2. The maximum absolute atomic E-state index is 12.3. The molecule has 0 saturated carbocycles. The molecule has 1 amide bonds. The van der Waals surface area contributed by atoms with Crippen molar-refractivity contribution in [3.05, 3.63) is 29.3 Å². The smallest absolute Gasteiger partial charge is 0.224 e. The van der Waals surface area contributed by atoms with Gasteiger partial charge >= 0.3 is 0 Å². The molecule has 0 N–H and O–H groups in total. The number of carbonyl (C=O) groups excluding carboxylic acids is 1. The van der Waals surface area contributed by atoms with Gasteiger partial charge < -0.3 is 14.5 Å². The second-order valence-corrected chi connectivity index (χ2v) is 7.32. The summed E-state index contributed by atoms with van der Waals surface area (Å²) in [6.07, 6.45) is 2.77. The lowest BCUT2D eigenvalue weighted by atomic mass is 10.0. The largest absolute Gasteiger partial charge is 0.384 e. The average Bonchev–Trinajstić information content (AvgIpc) is 2.66. The predicted octanol–water partition coefficient (Wildman–Crippen LogP) is 2.49. The Kier molecular flexibility index (Phi) is 6.57. The van der Waals surface area contributed by atoms with Crippen molar-refractivity contribution in [2.45, 2.75) is 25.3 Å². The van der Waals surface area contributed by atoms with Gasteiger partial charge in [0.2, 0.25) is 5.91 Å². The number of piperazine rings is 1. The lowest BCUT2D eigenvalue weighted by Gasteiger charge is -2.44. The van der Waals surface area contributed by atoms with Crippen molar-refractivity contribution in [2.75, 3.05) is 57.9 Å². The Morgan fingerprint density at radius 3 is 2.76 bits per heavy atom. The second kappa shape index (κ2) is 8.88. The molecule has 0 radical (unpaired) electrons. The fourth-order valence-electron chi connectivity index (χ4n) is 3.84. The minimum Gasteiger partial charge on any atom is -0.384 e. The second-order valence-electron chi connectivity index (χ2n) is 6.88. The van der Waals surface area contributed by atoms with Gasteiger partial charge in [0.1, 0.15) is 0 Å². The van der Waals surface area contributed by atoms with Gasteiger partial charge in [-0.2, -0.15) is 0 Å². The molecule has 0 bridgehead atoms. The Hall–Kier alpha value is -1.30. The van der Waals surface area contributed by atoms with Crippen molar-refractivity contribution < 1.29 is 9.53 Å². The first kappa shape index (κ1) is 18.5. The number of ether oxygens (including phenoxy) is 1. The molecule has 2 saturated heterocycles. The summed E-state index contributed by atoms with van der Waals surface area (Å²) >= 11 is 6.11. The number of anilines is 1. The number of halogens is 1. The Morgan fingerprint density at radius 2 is 2.04 bits per heavy atom. The molecule has 3 rings (SSSR count). The molecule has 2 fully saturated rings. The third-order valence-electron chi connectivity index (χ3n) is 5.27. The fraction of sp³-hybridized carbons (Fsp3) is 0.632. The zero-order valence-electron chi connectivity index (χ0n) is 15.0. The standard InChI is InChI=1S/C19H28ClN3O2/c1-25-13-7-19(24)23-8-3-6-18(15-23)22-11-9-21(10-12-22)17-5-2-4-16(20)14-17/h2,4-5,14,18H,3,6-13,15H2,1H3/t18-/m0/s1. The summed E-state index contributed by atoms with van der Waals surface area (Å²) < 4.78 is 5.04. The highest BCUT2D eigenvalue weighted by molar-refractivity contribution is 6.30. The van der Waals surface area contributed by atoms with Crippen molar-refractivity contribution >= 4 is 23.2 Å². The molecular weight excluding hydrogens is 338 g/mol. The molecule has 6 heteroatoms. The van der Waals surface area contributed by atoms with E-state index in [2.05, 4.69) is 15.9 Å². The molecule has 1 aromatic carbocycles. The summed E-state index contributed by atoms with van der Waals surface area (Å²) in [7, 11) is 1.64. The van der Waals surface area contributed by atoms with Crippen LogP contribution >= 0.6 is 11.6 Å². The lowest BCUT2D eigenvalue weighted by Crippen LogP contribution is -2.56. The van der Waals surface area contributed by atoms with Gasteiger partial charge in [-0.05, 0) is 31.0 Å². The lowest BCUT2D eigenvalue weighted by molar-refractivity contribution is -0.134. The van der Waals surface area contributed by atoms with Gasteiger partial charge in [0.05, 0.1) is 13.0 Å². The van der Waals surface area contributed by atoms with E-state index in [1.807, 2.05) is 23.1 Å². The summed E-state index contributed by atoms with van der Waals surface area (Å²) in [6, 6.07) is 8.57. The first-order chi connectivity index (χ1) is 12.2. The minimum atomic E-state index is 0.226. The van der Waals surface area contributed by atoms with Crippen LogP contribution in [-0.2, 0) is 9.53 Å². The molecule has 2 aliphatic rings. The van der Waals surface area contributed by atoms with E-state index >= 15 is 0 Å². The van der Waals surface area contributed by atoms with E-state index in [0.29, 0.717) is 19.1 Å². The van der Waals surface area contributed by atoms with E-state index in [9.17, 15) is 4.79 Å². The number of amides is 1. The molecule has 1 atom stereocenters. The molecule has 25 heavy (non-hydrogen) atoms. The van der Waals surface area contributed by atoms with Crippen molar-refractivity contribution in [3.8, 4) is 0 Å². The third-order valence-corrected chi connectivity index (χ3v) is 5.51.